The van der Waals surface area contributed by atoms with Gasteiger partial charge in [-0.25, -0.2) is 0 Å². The van der Waals surface area contributed by atoms with Gasteiger partial charge in [0.05, 0.1) is 5.56 Å². The number of hydrogen-bond acceptors (Lipinski definition) is 4. The zero-order valence-electron chi connectivity index (χ0n) is 14.3. The normalized spacial score (nSPS) is 22.1. The Kier molecular flexibility index (Phi) is 5.29. The van der Waals surface area contributed by atoms with Crippen LogP contribution in [0.15, 0.2) is 10.5 Å². The second-order valence-corrected chi connectivity index (χ2v) is 6.95. The molecular formula is C17H28N2O3. The van der Waals surface area contributed by atoms with E-state index in [1.165, 1.54) is 0 Å². The summed E-state index contributed by atoms with van der Waals surface area (Å²) in [5.41, 5.74) is 0.658. The molecule has 0 radical (unpaired) electrons. The number of hydrogen-bond donors (Lipinski definition) is 1. The highest BCUT2D eigenvalue weighted by molar-refractivity contribution is 5.95. The molecule has 22 heavy (non-hydrogen) atoms. The maximum atomic E-state index is 12.8. The van der Waals surface area contributed by atoms with E-state index >= 15 is 0 Å². The summed E-state index contributed by atoms with van der Waals surface area (Å²) in [4.78, 5) is 16.7. The van der Waals surface area contributed by atoms with E-state index in [-0.39, 0.29) is 24.3 Å². The second kappa shape index (κ2) is 6.84. The monoisotopic (exact) mass is 308 g/mol. The third-order valence-corrected chi connectivity index (χ3v) is 4.43. The smallest absolute Gasteiger partial charge is 0.257 e. The molecule has 0 aliphatic carbocycles. The Balaban J connectivity index is 2.13. The van der Waals surface area contributed by atoms with Crippen LogP contribution < -0.4 is 0 Å². The molecule has 0 spiro atoms. The first kappa shape index (κ1) is 17.0. The minimum atomic E-state index is 0.0212. The highest BCUT2D eigenvalue weighted by Crippen LogP contribution is 2.28. The van der Waals surface area contributed by atoms with Crippen LogP contribution in [0, 0.1) is 18.8 Å². The van der Waals surface area contributed by atoms with Crippen LogP contribution in [0.4, 0.5) is 0 Å². The van der Waals surface area contributed by atoms with Crippen molar-refractivity contribution < 1.29 is 14.3 Å². The van der Waals surface area contributed by atoms with Gasteiger partial charge in [0.1, 0.15) is 11.5 Å². The Morgan fingerprint density at radius 3 is 2.55 bits per heavy atom. The van der Waals surface area contributed by atoms with Crippen molar-refractivity contribution >= 4 is 5.91 Å². The van der Waals surface area contributed by atoms with Crippen molar-refractivity contribution in [2.24, 2.45) is 11.8 Å². The molecule has 2 heterocycles. The number of aliphatic hydroxyl groups excluding tert-OH is 1. The first-order valence-corrected chi connectivity index (χ1v) is 7.98. The molecule has 124 valence electrons. The summed E-state index contributed by atoms with van der Waals surface area (Å²) < 4.78 is 5.70. The maximum Gasteiger partial charge on any atom is 0.257 e. The number of carbonyl (C=O) groups is 1. The van der Waals surface area contributed by atoms with E-state index in [2.05, 4.69) is 18.7 Å². The van der Waals surface area contributed by atoms with E-state index in [0.717, 1.165) is 12.3 Å². The van der Waals surface area contributed by atoms with Gasteiger partial charge in [-0.3, -0.25) is 4.79 Å². The average Bonchev–Trinajstić information content (AvgIpc) is 3.01. The molecule has 1 aromatic rings. The van der Waals surface area contributed by atoms with Gasteiger partial charge in [-0.05, 0) is 33.0 Å². The molecule has 1 aliphatic rings. The van der Waals surface area contributed by atoms with Crippen LogP contribution in [0.2, 0.25) is 0 Å². The van der Waals surface area contributed by atoms with Crippen LogP contribution in [0.25, 0.3) is 0 Å². The highest BCUT2D eigenvalue weighted by atomic mass is 16.3. The second-order valence-electron chi connectivity index (χ2n) is 6.95. The van der Waals surface area contributed by atoms with Gasteiger partial charge in [0.15, 0.2) is 0 Å². The number of rotatable bonds is 5. The number of furan rings is 1. The summed E-state index contributed by atoms with van der Waals surface area (Å²) in [7, 11) is 4.04. The summed E-state index contributed by atoms with van der Waals surface area (Å²) in [6.07, 6.45) is 0. The van der Waals surface area contributed by atoms with E-state index < -0.39 is 0 Å². The molecule has 1 fully saturated rings. The lowest BCUT2D eigenvalue weighted by atomic mass is 9.97. The third-order valence-electron chi connectivity index (χ3n) is 4.43. The molecule has 1 N–H and O–H groups in total. The lowest BCUT2D eigenvalue weighted by Gasteiger charge is -2.20. The van der Waals surface area contributed by atoms with Crippen LogP contribution in [0.5, 0.6) is 0 Å². The Hall–Kier alpha value is -1.33. The number of aliphatic hydroxyl groups is 1. The first-order valence-electron chi connectivity index (χ1n) is 7.98. The van der Waals surface area contributed by atoms with Crippen molar-refractivity contribution in [1.82, 2.24) is 9.80 Å². The van der Waals surface area contributed by atoms with E-state index in [9.17, 15) is 9.90 Å². The van der Waals surface area contributed by atoms with Crippen molar-refractivity contribution in [3.05, 3.63) is 23.2 Å². The Morgan fingerprint density at radius 1 is 1.41 bits per heavy atom. The average molecular weight is 308 g/mol. The zero-order valence-corrected chi connectivity index (χ0v) is 14.3. The van der Waals surface area contributed by atoms with Gasteiger partial charge in [0.25, 0.3) is 5.91 Å². The molecule has 1 aromatic heterocycles. The molecule has 1 amide bonds. The number of carbonyl (C=O) groups excluding carboxylic acids is 1. The molecule has 0 bridgehead atoms. The van der Waals surface area contributed by atoms with Crippen molar-refractivity contribution in [2.45, 2.75) is 26.7 Å². The van der Waals surface area contributed by atoms with Crippen molar-refractivity contribution in [1.29, 1.82) is 0 Å². The van der Waals surface area contributed by atoms with Gasteiger partial charge in [0.2, 0.25) is 0 Å². The van der Waals surface area contributed by atoms with Crippen LogP contribution in [0.3, 0.4) is 0 Å². The molecule has 0 unspecified atom stereocenters. The van der Waals surface area contributed by atoms with E-state index in [1.807, 2.05) is 32.0 Å². The molecule has 2 atom stereocenters. The summed E-state index contributed by atoms with van der Waals surface area (Å²) in [5, 5.41) is 9.58. The van der Waals surface area contributed by atoms with Gasteiger partial charge in [-0.2, -0.15) is 0 Å². The predicted molar refractivity (Wildman–Crippen MR) is 86.1 cm³/mol. The summed E-state index contributed by atoms with van der Waals surface area (Å²) in [6, 6.07) is 1.87. The lowest BCUT2D eigenvalue weighted by molar-refractivity contribution is 0.0778. The number of nitrogens with zero attached hydrogens (tertiary/aromatic N) is 2. The number of amides is 1. The number of likely N-dealkylation sites (tertiary alicyclic amines) is 1. The Morgan fingerprint density at radius 2 is 2.05 bits per heavy atom. The fourth-order valence-electron chi connectivity index (χ4n) is 3.16. The summed E-state index contributed by atoms with van der Waals surface area (Å²) >= 11 is 0. The SMILES string of the molecule is Cc1oc(C(C)C)cc1C(=O)N1C[C@@H](CN(C)C)[C@@H](CO)C1. The predicted octanol–water partition coefficient (Wildman–Crippen LogP) is 1.95. The molecule has 2 rings (SSSR count). The largest absolute Gasteiger partial charge is 0.465 e. The number of aryl methyl sites for hydroxylation is 1. The minimum Gasteiger partial charge on any atom is -0.465 e. The molecule has 5 nitrogen and oxygen atoms in total. The standard InChI is InChI=1S/C17H28N2O3/c1-11(2)16-6-15(12(3)22-16)17(21)19-8-13(7-18(4)5)14(9-19)10-20/h6,11,13-14,20H,7-10H2,1-5H3/t13-,14-/m1/s1. The highest BCUT2D eigenvalue weighted by Gasteiger charge is 2.36. The van der Waals surface area contributed by atoms with Crippen LogP contribution in [0.1, 0.15) is 41.6 Å². The molecule has 1 aliphatic heterocycles. The van der Waals surface area contributed by atoms with E-state index in [0.29, 0.717) is 30.3 Å². The van der Waals surface area contributed by atoms with Gasteiger partial charge < -0.3 is 19.3 Å². The molecular weight excluding hydrogens is 280 g/mol. The molecule has 5 heteroatoms. The van der Waals surface area contributed by atoms with Crippen molar-refractivity contribution in [2.75, 3.05) is 40.3 Å². The molecule has 0 saturated carbocycles. The van der Waals surface area contributed by atoms with Gasteiger partial charge in [-0.15, -0.1) is 0 Å². The fraction of sp³-hybridized carbons (Fsp3) is 0.706. The minimum absolute atomic E-state index is 0.0212. The topological polar surface area (TPSA) is 56.9 Å². The molecule has 0 aromatic carbocycles. The van der Waals surface area contributed by atoms with Gasteiger partial charge >= 0.3 is 0 Å². The Bertz CT molecular complexity index is 522. The summed E-state index contributed by atoms with van der Waals surface area (Å²) in [6.45, 7) is 8.28. The van der Waals surface area contributed by atoms with Crippen molar-refractivity contribution in [3.63, 3.8) is 0 Å². The third kappa shape index (κ3) is 3.52. The van der Waals surface area contributed by atoms with E-state index in [4.69, 9.17) is 4.42 Å². The first-order chi connectivity index (χ1) is 10.3. The van der Waals surface area contributed by atoms with Gasteiger partial charge in [0, 0.05) is 38.1 Å². The van der Waals surface area contributed by atoms with Gasteiger partial charge in [-0.1, -0.05) is 13.8 Å². The Labute approximate surface area is 132 Å². The summed E-state index contributed by atoms with van der Waals surface area (Å²) in [5.74, 6) is 2.30. The van der Waals surface area contributed by atoms with Crippen LogP contribution >= 0.6 is 0 Å². The maximum absolute atomic E-state index is 12.8. The van der Waals surface area contributed by atoms with Crippen LogP contribution in [-0.4, -0.2) is 61.2 Å². The van der Waals surface area contributed by atoms with Crippen molar-refractivity contribution in [3.8, 4) is 0 Å². The molecule has 1 saturated heterocycles. The van der Waals surface area contributed by atoms with Crippen LogP contribution in [-0.2, 0) is 0 Å². The quantitative estimate of drug-likeness (QED) is 0.903. The fourth-order valence-corrected chi connectivity index (χ4v) is 3.16. The van der Waals surface area contributed by atoms with E-state index in [1.54, 1.807) is 0 Å². The zero-order chi connectivity index (χ0) is 16.4. The lowest BCUT2D eigenvalue weighted by Crippen LogP contribution is -2.31.